The molecular weight excluding hydrogens is 514 g/mol. The number of hydrogen-bond acceptors (Lipinski definition) is 5. The zero-order valence-electron chi connectivity index (χ0n) is 19.0. The number of nitrogens with zero attached hydrogens (tertiary/aromatic N) is 1. The van der Waals surface area contributed by atoms with Crippen molar-refractivity contribution < 1.29 is 39.4 Å². The van der Waals surface area contributed by atoms with Gasteiger partial charge >= 0.3 is 16.3 Å². The molecule has 3 aromatic carbocycles. The Morgan fingerprint density at radius 2 is 1.51 bits per heavy atom. The topological polar surface area (TPSA) is 76.8 Å². The van der Waals surface area contributed by atoms with E-state index in [2.05, 4.69) is 0 Å². The normalized spacial score (nSPS) is 11.8. The van der Waals surface area contributed by atoms with E-state index in [9.17, 15) is 30.8 Å². The van der Waals surface area contributed by atoms with Crippen molar-refractivity contribution in [1.29, 1.82) is 0 Å². The Kier molecular flexibility index (Phi) is 7.35. The van der Waals surface area contributed by atoms with Crippen molar-refractivity contribution in [3.05, 3.63) is 119 Å². The monoisotopic (exact) mass is 533 g/mol. The number of furan rings is 1. The van der Waals surface area contributed by atoms with Crippen LogP contribution in [0.25, 0.3) is 0 Å². The fourth-order valence-electron chi connectivity index (χ4n) is 3.42. The molecule has 11 heteroatoms. The average molecular weight is 533 g/mol. The number of halogens is 4. The number of alkyl halides is 3. The first-order valence-corrected chi connectivity index (χ1v) is 12.2. The van der Waals surface area contributed by atoms with Crippen molar-refractivity contribution in [2.24, 2.45) is 0 Å². The standard InChI is InChI=1S/C26H19F4NO5S/c27-21-9-13-24(14-10-21)37(33,34)36-22-11-3-18(4-12-22)16-31(17-23-2-1-15-35-23)25(32)19-5-7-20(8-6-19)26(28,29)30/h1-15H,16-17H2. The number of rotatable bonds is 8. The molecule has 37 heavy (non-hydrogen) atoms. The third-order valence-electron chi connectivity index (χ3n) is 5.28. The van der Waals surface area contributed by atoms with Gasteiger partial charge in [-0.25, -0.2) is 4.39 Å². The van der Waals surface area contributed by atoms with Crippen LogP contribution in [0.15, 0.2) is 101 Å². The molecule has 0 radical (unpaired) electrons. The van der Waals surface area contributed by atoms with E-state index in [0.29, 0.717) is 11.3 Å². The van der Waals surface area contributed by atoms with Gasteiger partial charge in [0.25, 0.3) is 5.91 Å². The Bertz CT molecular complexity index is 1450. The van der Waals surface area contributed by atoms with E-state index in [1.165, 1.54) is 23.3 Å². The molecule has 0 aliphatic carbocycles. The molecule has 0 aliphatic rings. The van der Waals surface area contributed by atoms with Gasteiger partial charge in [0.1, 0.15) is 22.2 Å². The summed E-state index contributed by atoms with van der Waals surface area (Å²) >= 11 is 0. The third-order valence-corrected chi connectivity index (χ3v) is 6.54. The number of hydrogen-bond donors (Lipinski definition) is 0. The maximum absolute atomic E-state index is 13.1. The predicted molar refractivity (Wildman–Crippen MR) is 124 cm³/mol. The highest BCUT2D eigenvalue weighted by atomic mass is 32.2. The zero-order chi connectivity index (χ0) is 26.6. The number of amides is 1. The van der Waals surface area contributed by atoms with Gasteiger partial charge in [0.2, 0.25) is 0 Å². The highest BCUT2D eigenvalue weighted by Crippen LogP contribution is 2.29. The molecule has 4 rings (SSSR count). The fraction of sp³-hybridized carbons (Fsp3) is 0.115. The van der Waals surface area contributed by atoms with Crippen LogP contribution in [0.2, 0.25) is 0 Å². The highest BCUT2D eigenvalue weighted by molar-refractivity contribution is 7.87. The lowest BCUT2D eigenvalue weighted by atomic mass is 10.1. The van der Waals surface area contributed by atoms with Gasteiger partial charge in [-0.1, -0.05) is 12.1 Å². The molecule has 1 aromatic heterocycles. The van der Waals surface area contributed by atoms with Crippen LogP contribution in [-0.4, -0.2) is 19.2 Å². The van der Waals surface area contributed by atoms with E-state index in [1.807, 2.05) is 0 Å². The summed E-state index contributed by atoms with van der Waals surface area (Å²) in [4.78, 5) is 14.3. The van der Waals surface area contributed by atoms with Crippen molar-refractivity contribution in [1.82, 2.24) is 4.90 Å². The van der Waals surface area contributed by atoms with Gasteiger partial charge in [0, 0.05) is 12.1 Å². The summed E-state index contributed by atoms with van der Waals surface area (Å²) in [5.41, 5.74) is -0.212. The molecule has 6 nitrogen and oxygen atoms in total. The van der Waals surface area contributed by atoms with E-state index in [-0.39, 0.29) is 29.3 Å². The van der Waals surface area contributed by atoms with Crippen molar-refractivity contribution in [3.8, 4) is 5.75 Å². The van der Waals surface area contributed by atoms with Gasteiger partial charge in [-0.05, 0) is 78.4 Å². The van der Waals surface area contributed by atoms with Crippen LogP contribution < -0.4 is 4.18 Å². The molecule has 0 fully saturated rings. The highest BCUT2D eigenvalue weighted by Gasteiger charge is 2.30. The molecule has 192 valence electrons. The summed E-state index contributed by atoms with van der Waals surface area (Å²) in [7, 11) is -4.19. The zero-order valence-corrected chi connectivity index (χ0v) is 19.8. The smallest absolute Gasteiger partial charge is 0.416 e. The first-order valence-electron chi connectivity index (χ1n) is 10.8. The van der Waals surface area contributed by atoms with Crippen molar-refractivity contribution in [2.45, 2.75) is 24.2 Å². The van der Waals surface area contributed by atoms with Crippen molar-refractivity contribution in [2.75, 3.05) is 0 Å². The molecule has 0 unspecified atom stereocenters. The maximum Gasteiger partial charge on any atom is 0.416 e. The van der Waals surface area contributed by atoms with Gasteiger partial charge in [0.15, 0.2) is 0 Å². The lowest BCUT2D eigenvalue weighted by molar-refractivity contribution is -0.137. The van der Waals surface area contributed by atoms with Gasteiger partial charge < -0.3 is 13.5 Å². The lowest BCUT2D eigenvalue weighted by Crippen LogP contribution is -2.30. The quantitative estimate of drug-likeness (QED) is 0.204. The molecule has 0 bridgehead atoms. The summed E-state index contributed by atoms with van der Waals surface area (Å²) in [6.45, 7) is 0.0929. The minimum absolute atomic E-state index is 0.000254. The SMILES string of the molecule is O=C(c1ccc(C(F)(F)F)cc1)N(Cc1ccc(OS(=O)(=O)c2ccc(F)cc2)cc1)Cc1ccco1. The van der Waals surface area contributed by atoms with Crippen LogP contribution in [0.4, 0.5) is 17.6 Å². The summed E-state index contributed by atoms with van der Waals surface area (Å²) in [5.74, 6) is -0.650. The molecule has 0 aliphatic heterocycles. The second-order valence-electron chi connectivity index (χ2n) is 7.95. The van der Waals surface area contributed by atoms with E-state index in [1.54, 1.807) is 24.3 Å². The molecule has 1 heterocycles. The number of carbonyl (C=O) groups is 1. The third kappa shape index (κ3) is 6.56. The molecule has 0 spiro atoms. The number of carbonyl (C=O) groups excluding carboxylic acids is 1. The Balaban J connectivity index is 1.51. The summed E-state index contributed by atoms with van der Waals surface area (Å²) in [6, 6.07) is 17.2. The first-order chi connectivity index (χ1) is 17.5. The average Bonchev–Trinajstić information content (AvgIpc) is 3.37. The molecule has 0 atom stereocenters. The lowest BCUT2D eigenvalue weighted by Gasteiger charge is -2.22. The summed E-state index contributed by atoms with van der Waals surface area (Å²) < 4.78 is 87.0. The van der Waals surface area contributed by atoms with E-state index >= 15 is 0 Å². The van der Waals surface area contributed by atoms with Crippen LogP contribution >= 0.6 is 0 Å². The number of benzene rings is 3. The molecule has 0 N–H and O–H groups in total. The van der Waals surface area contributed by atoms with Gasteiger partial charge in [-0.2, -0.15) is 21.6 Å². The van der Waals surface area contributed by atoms with Gasteiger partial charge in [-0.3, -0.25) is 4.79 Å². The Hall–Kier alpha value is -4.12. The Morgan fingerprint density at radius 3 is 2.08 bits per heavy atom. The van der Waals surface area contributed by atoms with Gasteiger partial charge in [0.05, 0.1) is 18.4 Å². The fourth-order valence-corrected chi connectivity index (χ4v) is 4.35. The second kappa shape index (κ2) is 10.5. The van der Waals surface area contributed by atoms with E-state index < -0.39 is 33.6 Å². The minimum atomic E-state index is -4.52. The van der Waals surface area contributed by atoms with E-state index in [0.717, 1.165) is 48.5 Å². The van der Waals surface area contributed by atoms with Crippen LogP contribution in [0.3, 0.4) is 0 Å². The minimum Gasteiger partial charge on any atom is -0.467 e. The molecular formula is C26H19F4NO5S. The van der Waals surface area contributed by atoms with Crippen molar-refractivity contribution in [3.63, 3.8) is 0 Å². The second-order valence-corrected chi connectivity index (χ2v) is 9.50. The van der Waals surface area contributed by atoms with Crippen LogP contribution in [0.5, 0.6) is 5.75 Å². The Morgan fingerprint density at radius 1 is 0.865 bits per heavy atom. The van der Waals surface area contributed by atoms with Crippen LogP contribution in [0, 0.1) is 5.82 Å². The molecule has 0 saturated heterocycles. The molecule has 0 saturated carbocycles. The first kappa shape index (κ1) is 26.0. The van der Waals surface area contributed by atoms with E-state index in [4.69, 9.17) is 8.60 Å². The van der Waals surface area contributed by atoms with Crippen molar-refractivity contribution >= 4 is 16.0 Å². The molecule has 1 amide bonds. The van der Waals surface area contributed by atoms with Crippen LogP contribution in [-0.2, 0) is 29.4 Å². The maximum atomic E-state index is 13.1. The summed E-state index contributed by atoms with van der Waals surface area (Å²) in [6.07, 6.45) is -3.09. The molecule has 4 aromatic rings. The predicted octanol–water partition coefficient (Wildman–Crippen LogP) is 6.05. The van der Waals surface area contributed by atoms with Gasteiger partial charge in [-0.15, -0.1) is 0 Å². The summed E-state index contributed by atoms with van der Waals surface area (Å²) in [5, 5.41) is 0. The Labute approximate surface area is 209 Å². The largest absolute Gasteiger partial charge is 0.467 e. The van der Waals surface area contributed by atoms with Crippen LogP contribution in [0.1, 0.15) is 27.2 Å².